The number of hydrogen-bond donors (Lipinski definition) is 4. The molecule has 4 N–H and O–H groups in total. The van der Waals surface area contributed by atoms with Crippen LogP contribution in [0.1, 0.15) is 11.1 Å². The molecule has 0 radical (unpaired) electrons. The van der Waals surface area contributed by atoms with Gasteiger partial charge in [0.15, 0.2) is 0 Å². The van der Waals surface area contributed by atoms with Gasteiger partial charge in [0.05, 0.1) is 11.3 Å². The smallest absolute Gasteiger partial charge is 0.269 e. The van der Waals surface area contributed by atoms with Crippen LogP contribution in [-0.4, -0.2) is 37.3 Å². The molecule has 0 amide bonds. The molecule has 0 aliphatic carbocycles. The van der Waals surface area contributed by atoms with E-state index in [0.717, 1.165) is 5.56 Å². The lowest BCUT2D eigenvalue weighted by Crippen LogP contribution is -3.05. The zero-order valence-electron chi connectivity index (χ0n) is 13.2. The number of anilines is 2. The fraction of sp³-hybridized carbons (Fsp3) is 0.214. The number of quaternary nitrogens is 1. The molecule has 128 valence electrons. The lowest BCUT2D eigenvalue weighted by atomic mass is 10.0. The zero-order chi connectivity index (χ0) is 17.4. The van der Waals surface area contributed by atoms with Crippen LogP contribution < -0.4 is 15.7 Å². The summed E-state index contributed by atoms with van der Waals surface area (Å²) in [5.74, 6) is 0.360. The molecule has 0 saturated heterocycles. The Morgan fingerprint density at radius 2 is 2.16 bits per heavy atom. The predicted octanol–water partition coefficient (Wildman–Crippen LogP) is -0.0773. The van der Waals surface area contributed by atoms with Crippen LogP contribution in [0, 0.1) is 17.9 Å². The molecule has 1 atom stereocenters. The van der Waals surface area contributed by atoms with E-state index >= 15 is 0 Å². The van der Waals surface area contributed by atoms with Crippen molar-refractivity contribution in [2.75, 3.05) is 12.0 Å². The number of aryl methyl sites for hydroxylation is 1. The minimum absolute atomic E-state index is 0.138. The second kappa shape index (κ2) is 6.12. The predicted molar refractivity (Wildman–Crippen MR) is 85.3 cm³/mol. The number of hydroxylamine groups is 1. The molecule has 0 bridgehead atoms. The van der Waals surface area contributed by atoms with Crippen LogP contribution in [0.4, 0.5) is 22.1 Å². The number of rotatable bonds is 3. The second-order valence-electron chi connectivity index (χ2n) is 5.57. The van der Waals surface area contributed by atoms with Gasteiger partial charge in [-0.05, 0) is 35.9 Å². The van der Waals surface area contributed by atoms with Crippen molar-refractivity contribution in [1.29, 1.82) is 0 Å². The Kier molecular flexibility index (Phi) is 3.80. The van der Waals surface area contributed by atoms with Gasteiger partial charge in [-0.2, -0.15) is 10.2 Å². The van der Waals surface area contributed by atoms with Gasteiger partial charge in [0, 0.05) is 12.1 Å². The van der Waals surface area contributed by atoms with Crippen molar-refractivity contribution in [2.24, 2.45) is 0 Å². The molecule has 4 rings (SSSR count). The average molecular weight is 343 g/mol. The topological polar surface area (TPSA) is 132 Å². The molecule has 11 heteroatoms. The minimum atomic E-state index is -0.330. The molecular weight excluding hydrogens is 329 g/mol. The molecule has 1 aliphatic heterocycles. The standard InChI is InChI=1S/C14H14FN9O/c1-7-4-8(15)2-3-9(7)11-10-5-16-6-24(25)12(10)18-13(17-11)19-14-20-22-23-21-14/h2-4,16,24H,5-6H2,1H3,(H2,17,18,19,20,21,22,23). The maximum absolute atomic E-state index is 13.5. The Bertz CT molecular complexity index is 915. The SMILES string of the molecule is Cc1cc(F)ccc1-c1nc(Nc2nn[nH]n2)nc2c1CNC[NH+]2[O-]. The largest absolute Gasteiger partial charge is 0.627 e. The van der Waals surface area contributed by atoms with E-state index < -0.39 is 0 Å². The van der Waals surface area contributed by atoms with E-state index in [-0.39, 0.29) is 29.4 Å². The molecule has 0 spiro atoms. The molecule has 1 unspecified atom stereocenters. The Hall–Kier alpha value is -3.02. The first-order valence-corrected chi connectivity index (χ1v) is 7.53. The van der Waals surface area contributed by atoms with E-state index in [2.05, 4.69) is 41.2 Å². The number of H-pyrrole nitrogens is 1. The molecule has 0 fully saturated rings. The van der Waals surface area contributed by atoms with Gasteiger partial charge in [-0.3, -0.25) is 10.6 Å². The van der Waals surface area contributed by atoms with Crippen molar-refractivity contribution >= 4 is 17.7 Å². The number of nitrogens with zero attached hydrogens (tertiary/aromatic N) is 5. The highest BCUT2D eigenvalue weighted by atomic mass is 19.1. The molecule has 0 saturated carbocycles. The minimum Gasteiger partial charge on any atom is -0.627 e. The van der Waals surface area contributed by atoms with E-state index in [9.17, 15) is 9.60 Å². The number of halogens is 1. The van der Waals surface area contributed by atoms with Crippen molar-refractivity contribution in [3.05, 3.63) is 40.4 Å². The third kappa shape index (κ3) is 2.91. The highest BCUT2D eigenvalue weighted by molar-refractivity contribution is 5.71. The zero-order valence-corrected chi connectivity index (χ0v) is 13.2. The number of aromatic nitrogens is 6. The van der Waals surface area contributed by atoms with Crippen LogP contribution in [-0.2, 0) is 6.54 Å². The molecule has 1 aliphatic rings. The highest BCUT2D eigenvalue weighted by Gasteiger charge is 2.25. The van der Waals surface area contributed by atoms with E-state index in [0.29, 0.717) is 29.2 Å². The maximum Gasteiger partial charge on any atom is 0.269 e. The van der Waals surface area contributed by atoms with Crippen molar-refractivity contribution in [3.8, 4) is 11.3 Å². The average Bonchev–Trinajstić information content (AvgIpc) is 3.08. The normalized spacial score (nSPS) is 16.5. The monoisotopic (exact) mass is 343 g/mol. The Labute approximate surface area is 141 Å². The van der Waals surface area contributed by atoms with Gasteiger partial charge in [-0.25, -0.2) is 9.37 Å². The number of fused-ring (bicyclic) bond motifs is 1. The summed E-state index contributed by atoms with van der Waals surface area (Å²) in [7, 11) is 0. The summed E-state index contributed by atoms with van der Waals surface area (Å²) in [5, 5.41) is 31.3. The number of benzene rings is 1. The van der Waals surface area contributed by atoms with E-state index in [1.54, 1.807) is 13.0 Å². The molecule has 3 heterocycles. The molecule has 10 nitrogen and oxygen atoms in total. The van der Waals surface area contributed by atoms with E-state index in [1.807, 2.05) is 0 Å². The summed E-state index contributed by atoms with van der Waals surface area (Å²) < 4.78 is 13.5. The lowest BCUT2D eigenvalue weighted by molar-refractivity contribution is -0.786. The highest BCUT2D eigenvalue weighted by Crippen LogP contribution is 2.30. The van der Waals surface area contributed by atoms with Crippen LogP contribution in [0.3, 0.4) is 0 Å². The maximum atomic E-state index is 13.5. The van der Waals surface area contributed by atoms with Crippen molar-refractivity contribution in [3.63, 3.8) is 0 Å². The summed E-state index contributed by atoms with van der Waals surface area (Å²) in [6.07, 6.45) is 0. The van der Waals surface area contributed by atoms with Crippen molar-refractivity contribution in [2.45, 2.75) is 13.5 Å². The van der Waals surface area contributed by atoms with E-state index in [4.69, 9.17) is 0 Å². The molecule has 3 aromatic rings. The fourth-order valence-corrected chi connectivity index (χ4v) is 2.75. The summed E-state index contributed by atoms with van der Waals surface area (Å²) in [4.78, 5) is 8.79. The fourth-order valence-electron chi connectivity index (χ4n) is 2.75. The first-order chi connectivity index (χ1) is 12.1. The van der Waals surface area contributed by atoms with Gasteiger partial charge >= 0.3 is 0 Å². The van der Waals surface area contributed by atoms with Gasteiger partial charge < -0.3 is 10.3 Å². The third-order valence-corrected chi connectivity index (χ3v) is 3.87. The van der Waals surface area contributed by atoms with Gasteiger partial charge in [0.25, 0.3) is 5.95 Å². The first kappa shape index (κ1) is 15.5. The number of tetrazole rings is 1. The van der Waals surface area contributed by atoms with Gasteiger partial charge in [0.1, 0.15) is 12.5 Å². The quantitative estimate of drug-likeness (QED) is 0.486. The summed E-state index contributed by atoms with van der Waals surface area (Å²) in [5.41, 5.74) is 2.69. The Morgan fingerprint density at radius 1 is 1.28 bits per heavy atom. The van der Waals surface area contributed by atoms with Crippen LogP contribution in [0.15, 0.2) is 18.2 Å². The molecule has 25 heavy (non-hydrogen) atoms. The summed E-state index contributed by atoms with van der Waals surface area (Å²) in [6, 6.07) is 4.43. The lowest BCUT2D eigenvalue weighted by Gasteiger charge is -2.29. The van der Waals surface area contributed by atoms with Gasteiger partial charge in [-0.15, -0.1) is 5.10 Å². The van der Waals surface area contributed by atoms with Gasteiger partial charge in [-0.1, -0.05) is 5.10 Å². The Morgan fingerprint density at radius 3 is 2.92 bits per heavy atom. The van der Waals surface area contributed by atoms with Crippen LogP contribution in [0.5, 0.6) is 0 Å². The van der Waals surface area contributed by atoms with Crippen molar-refractivity contribution < 1.29 is 9.45 Å². The summed E-state index contributed by atoms with van der Waals surface area (Å²) in [6.45, 7) is 2.44. The number of hydrogen-bond acceptors (Lipinski definition) is 8. The molecule has 1 aromatic carbocycles. The van der Waals surface area contributed by atoms with Gasteiger partial charge in [0.2, 0.25) is 11.8 Å². The molecule has 2 aromatic heterocycles. The number of aromatic amines is 1. The first-order valence-electron chi connectivity index (χ1n) is 7.53. The molecular formula is C14H14FN9O. The number of nitrogens with one attached hydrogen (secondary N) is 4. The van der Waals surface area contributed by atoms with Crippen LogP contribution in [0.2, 0.25) is 0 Å². The van der Waals surface area contributed by atoms with E-state index in [1.165, 1.54) is 12.1 Å². The Balaban J connectivity index is 1.87. The second-order valence-corrected chi connectivity index (χ2v) is 5.57. The van der Waals surface area contributed by atoms with Crippen LogP contribution >= 0.6 is 0 Å². The summed E-state index contributed by atoms with van der Waals surface area (Å²) >= 11 is 0. The third-order valence-electron chi connectivity index (χ3n) is 3.87. The van der Waals surface area contributed by atoms with Crippen LogP contribution in [0.25, 0.3) is 11.3 Å². The van der Waals surface area contributed by atoms with Crippen molar-refractivity contribution in [1.82, 2.24) is 35.9 Å².